The van der Waals surface area contributed by atoms with Gasteiger partial charge in [-0.3, -0.25) is 9.36 Å². The van der Waals surface area contributed by atoms with Crippen LogP contribution in [-0.4, -0.2) is 45.9 Å². The molecule has 1 fully saturated rings. The number of hydrogen-bond donors (Lipinski definition) is 4. The highest BCUT2D eigenvalue weighted by atomic mass is 31.2. The van der Waals surface area contributed by atoms with Crippen LogP contribution in [0.1, 0.15) is 16.6 Å². The van der Waals surface area contributed by atoms with Gasteiger partial charge in [0.2, 0.25) is 0 Å². The molecule has 1 aromatic heterocycles. The lowest BCUT2D eigenvalue weighted by molar-refractivity contribution is -0.765. The molecule has 0 aromatic carbocycles. The van der Waals surface area contributed by atoms with Gasteiger partial charge < -0.3 is 35.0 Å². The van der Waals surface area contributed by atoms with Crippen molar-refractivity contribution >= 4 is 13.7 Å². The molecule has 2 rings (SSSR count). The Morgan fingerprint density at radius 2 is 2.18 bits per heavy atom. The minimum absolute atomic E-state index is 0.159. The second-order valence-corrected chi connectivity index (χ2v) is 5.91. The van der Waals surface area contributed by atoms with Crippen LogP contribution >= 0.6 is 7.82 Å². The Morgan fingerprint density at radius 3 is 2.77 bits per heavy atom. The molecule has 22 heavy (non-hydrogen) atoms. The Kier molecular flexibility index (Phi) is 4.93. The summed E-state index contributed by atoms with van der Waals surface area (Å²) in [5, 5.41) is 19.8. The molecule has 0 saturated carbocycles. The topological polar surface area (TPSA) is 166 Å². The Bertz CT molecular complexity index is 606. The lowest BCUT2D eigenvalue weighted by Gasteiger charge is -2.19. The van der Waals surface area contributed by atoms with E-state index in [1.54, 1.807) is 0 Å². The normalized spacial score (nSPS) is 30.9. The number of aromatic nitrogens is 1. The third kappa shape index (κ3) is 3.87. The van der Waals surface area contributed by atoms with Gasteiger partial charge in [-0.25, -0.2) is 0 Å². The van der Waals surface area contributed by atoms with E-state index < -0.39 is 44.9 Å². The van der Waals surface area contributed by atoms with E-state index in [9.17, 15) is 24.5 Å². The third-order valence-corrected chi connectivity index (χ3v) is 3.62. The molecule has 1 aliphatic heterocycles. The number of hydrogen-bond acceptors (Lipinski definition) is 7. The zero-order valence-corrected chi connectivity index (χ0v) is 12.1. The van der Waals surface area contributed by atoms with E-state index in [0.717, 1.165) is 0 Å². The first-order valence-electron chi connectivity index (χ1n) is 6.19. The number of phosphoric ester groups is 1. The number of nitrogens with zero attached hydrogens (tertiary/aromatic N) is 1. The van der Waals surface area contributed by atoms with E-state index in [2.05, 4.69) is 4.52 Å². The summed E-state index contributed by atoms with van der Waals surface area (Å²) in [7, 11) is -4.97. The SMILES string of the molecule is NC(=O)c1ccc[n+]([C@@H]2O[C@H](COP(=O)([O-])O)[C@H](O)C2O)c1. The van der Waals surface area contributed by atoms with Crippen molar-refractivity contribution in [1.29, 1.82) is 0 Å². The number of aliphatic hydroxyl groups is 2. The number of primary amides is 1. The summed E-state index contributed by atoms with van der Waals surface area (Å²) in [5.41, 5.74) is 5.31. The van der Waals surface area contributed by atoms with E-state index in [4.69, 9.17) is 15.4 Å². The highest BCUT2D eigenvalue weighted by Crippen LogP contribution is 2.33. The summed E-state index contributed by atoms with van der Waals surface area (Å²) in [4.78, 5) is 30.2. The van der Waals surface area contributed by atoms with Crippen molar-refractivity contribution < 1.29 is 43.2 Å². The average Bonchev–Trinajstić information content (AvgIpc) is 2.72. The Labute approximate surface area is 124 Å². The molecule has 2 heterocycles. The summed E-state index contributed by atoms with van der Waals surface area (Å²) in [6.45, 7) is -0.665. The second kappa shape index (κ2) is 6.39. The van der Waals surface area contributed by atoms with Crippen LogP contribution in [0.25, 0.3) is 0 Å². The summed E-state index contributed by atoms with van der Waals surface area (Å²) in [6.07, 6.45) is -2.31. The predicted molar refractivity (Wildman–Crippen MR) is 66.9 cm³/mol. The molecule has 2 unspecified atom stereocenters. The van der Waals surface area contributed by atoms with E-state index in [1.807, 2.05) is 0 Å². The number of ether oxygens (including phenoxy) is 1. The van der Waals surface area contributed by atoms with Gasteiger partial charge in [-0.1, -0.05) is 0 Å². The van der Waals surface area contributed by atoms with E-state index in [1.165, 1.54) is 29.1 Å². The van der Waals surface area contributed by atoms with Crippen molar-refractivity contribution in [2.24, 2.45) is 5.73 Å². The molecule has 0 spiro atoms. The molecule has 1 saturated heterocycles. The summed E-state index contributed by atoms with van der Waals surface area (Å²) in [6, 6.07) is 2.95. The monoisotopic (exact) mass is 334 g/mol. The van der Waals surface area contributed by atoms with Gasteiger partial charge in [0.15, 0.2) is 18.5 Å². The molecule has 122 valence electrons. The largest absolute Gasteiger partial charge is 0.756 e. The highest BCUT2D eigenvalue weighted by Gasteiger charge is 2.48. The zero-order chi connectivity index (χ0) is 16.5. The van der Waals surface area contributed by atoms with Gasteiger partial charge >= 0.3 is 0 Å². The van der Waals surface area contributed by atoms with Crippen LogP contribution in [0.2, 0.25) is 0 Å². The maximum absolute atomic E-state index is 11.1. The number of carbonyl (C=O) groups excluding carboxylic acids is 1. The van der Waals surface area contributed by atoms with Gasteiger partial charge in [0.1, 0.15) is 17.8 Å². The van der Waals surface area contributed by atoms with Crippen molar-refractivity contribution in [1.82, 2.24) is 0 Å². The maximum atomic E-state index is 11.1. The molecule has 1 aliphatic rings. The Morgan fingerprint density at radius 1 is 1.50 bits per heavy atom. The first-order chi connectivity index (χ1) is 10.2. The van der Waals surface area contributed by atoms with Crippen LogP contribution in [0.3, 0.4) is 0 Å². The fraction of sp³-hybridized carbons (Fsp3) is 0.455. The number of rotatable bonds is 5. The quantitative estimate of drug-likeness (QED) is 0.330. The third-order valence-electron chi connectivity index (χ3n) is 3.14. The van der Waals surface area contributed by atoms with Gasteiger partial charge in [-0.15, -0.1) is 0 Å². The number of carbonyl (C=O) groups is 1. The van der Waals surface area contributed by atoms with Gasteiger partial charge in [0.05, 0.1) is 6.61 Å². The number of nitrogens with two attached hydrogens (primary N) is 1. The molecule has 11 heteroatoms. The highest BCUT2D eigenvalue weighted by molar-refractivity contribution is 7.44. The molecule has 5 N–H and O–H groups in total. The molecule has 1 aromatic rings. The smallest absolute Gasteiger partial charge is 0.292 e. The second-order valence-electron chi connectivity index (χ2n) is 4.71. The van der Waals surface area contributed by atoms with Crippen molar-refractivity contribution in [2.75, 3.05) is 6.61 Å². The summed E-state index contributed by atoms with van der Waals surface area (Å²) >= 11 is 0. The van der Waals surface area contributed by atoms with Crippen LogP contribution in [0, 0.1) is 0 Å². The Hall–Kier alpha value is -1.39. The fourth-order valence-corrected chi connectivity index (χ4v) is 2.41. The fourth-order valence-electron chi connectivity index (χ4n) is 2.08. The van der Waals surface area contributed by atoms with Crippen molar-refractivity contribution in [3.63, 3.8) is 0 Å². The predicted octanol–water partition coefficient (Wildman–Crippen LogP) is -2.83. The number of aliphatic hydroxyl groups excluding tert-OH is 2. The van der Waals surface area contributed by atoms with E-state index in [0.29, 0.717) is 0 Å². The molecule has 0 bridgehead atoms. The minimum Gasteiger partial charge on any atom is -0.756 e. The van der Waals surface area contributed by atoms with Crippen LogP contribution in [0.15, 0.2) is 24.5 Å². The van der Waals surface area contributed by atoms with Crippen molar-refractivity contribution in [3.8, 4) is 0 Å². The van der Waals surface area contributed by atoms with E-state index in [-0.39, 0.29) is 5.56 Å². The summed E-state index contributed by atoms with van der Waals surface area (Å²) in [5.74, 6) is -0.685. The molecule has 5 atom stereocenters. The first kappa shape index (κ1) is 17.0. The number of amides is 1. The molecule has 0 aliphatic carbocycles. The van der Waals surface area contributed by atoms with Crippen LogP contribution in [0.4, 0.5) is 0 Å². The molecule has 0 radical (unpaired) electrons. The average molecular weight is 334 g/mol. The van der Waals surface area contributed by atoms with Crippen molar-refractivity contribution in [3.05, 3.63) is 30.1 Å². The van der Waals surface area contributed by atoms with Gasteiger partial charge in [-0.05, 0) is 6.07 Å². The molecule has 10 nitrogen and oxygen atoms in total. The number of pyridine rings is 1. The zero-order valence-electron chi connectivity index (χ0n) is 11.2. The lowest BCUT2D eigenvalue weighted by Crippen LogP contribution is -2.46. The van der Waals surface area contributed by atoms with Gasteiger partial charge in [-0.2, -0.15) is 4.57 Å². The van der Waals surface area contributed by atoms with Crippen molar-refractivity contribution in [2.45, 2.75) is 24.5 Å². The first-order valence-corrected chi connectivity index (χ1v) is 7.69. The summed E-state index contributed by atoms with van der Waals surface area (Å²) < 4.78 is 21.3. The molecular formula is C11H15N2O8P. The lowest BCUT2D eigenvalue weighted by atomic mass is 10.1. The Balaban J connectivity index is 2.14. The van der Waals surface area contributed by atoms with Gasteiger partial charge in [0.25, 0.3) is 20.0 Å². The number of phosphoric acid groups is 1. The van der Waals surface area contributed by atoms with Crippen LogP contribution in [-0.2, 0) is 13.8 Å². The minimum atomic E-state index is -4.97. The maximum Gasteiger partial charge on any atom is 0.292 e. The van der Waals surface area contributed by atoms with Crippen LogP contribution < -0.4 is 15.2 Å². The molecular weight excluding hydrogens is 319 g/mol. The molecule has 1 amide bonds. The van der Waals surface area contributed by atoms with Crippen LogP contribution in [0.5, 0.6) is 0 Å². The van der Waals surface area contributed by atoms with Gasteiger partial charge in [0, 0.05) is 6.07 Å². The van der Waals surface area contributed by atoms with E-state index >= 15 is 0 Å². The standard InChI is InChI=1S/C11H15N2O8P/c12-10(16)6-2-1-3-13(4-6)11-9(15)8(14)7(21-11)5-20-22(17,18)19/h1-4,7-9,11,14-15H,5H2,(H3-,12,16,17,18,19)/t7-,8+,9?,11-/m1/s1.